The Morgan fingerprint density at radius 3 is 2.48 bits per heavy atom. The standard InChI is InChI=1S/C21H22N4O4/c1-13-16(5-6-18(23-13)19-4-3-11-29-19)20(26)24-9-7-15(8-10-24)25-14(2)17(12-22-25)21(27)28/h3-6,11-12,15H,7-10H2,1-2H3,(H,27,28). The van der Waals surface area contributed by atoms with Crippen LogP contribution in [-0.2, 0) is 0 Å². The van der Waals surface area contributed by atoms with E-state index in [1.54, 1.807) is 36.1 Å². The maximum Gasteiger partial charge on any atom is 0.339 e. The topological polar surface area (TPSA) is 101 Å². The summed E-state index contributed by atoms with van der Waals surface area (Å²) < 4.78 is 7.14. The third-order valence-electron chi connectivity index (χ3n) is 5.46. The number of carbonyl (C=O) groups is 2. The number of likely N-dealkylation sites (tertiary alicyclic amines) is 1. The van der Waals surface area contributed by atoms with Crippen LogP contribution in [0.25, 0.3) is 11.5 Å². The van der Waals surface area contributed by atoms with Gasteiger partial charge in [-0.2, -0.15) is 5.10 Å². The molecule has 0 radical (unpaired) electrons. The number of hydrogen-bond donors (Lipinski definition) is 1. The Hall–Kier alpha value is -3.42. The molecule has 0 atom stereocenters. The first-order valence-corrected chi connectivity index (χ1v) is 9.54. The van der Waals surface area contributed by atoms with Crippen molar-refractivity contribution in [2.45, 2.75) is 32.7 Å². The molecule has 0 aromatic carbocycles. The maximum atomic E-state index is 13.0. The van der Waals surface area contributed by atoms with Crippen LogP contribution in [0.3, 0.4) is 0 Å². The van der Waals surface area contributed by atoms with Crippen LogP contribution in [0.5, 0.6) is 0 Å². The highest BCUT2D eigenvalue weighted by molar-refractivity contribution is 5.95. The minimum Gasteiger partial charge on any atom is -0.478 e. The number of carboxylic acid groups (broad SMARTS) is 1. The zero-order chi connectivity index (χ0) is 20.5. The molecule has 0 unspecified atom stereocenters. The minimum atomic E-state index is -0.970. The van der Waals surface area contributed by atoms with Gasteiger partial charge in [-0.1, -0.05) is 0 Å². The van der Waals surface area contributed by atoms with E-state index in [9.17, 15) is 14.7 Å². The first-order chi connectivity index (χ1) is 14.0. The quantitative estimate of drug-likeness (QED) is 0.728. The lowest BCUT2D eigenvalue weighted by Gasteiger charge is -2.33. The van der Waals surface area contributed by atoms with Crippen LogP contribution in [-0.4, -0.2) is 49.7 Å². The van der Waals surface area contributed by atoms with Crippen molar-refractivity contribution in [1.82, 2.24) is 19.7 Å². The van der Waals surface area contributed by atoms with Gasteiger partial charge in [0.05, 0.1) is 35.5 Å². The Labute approximate surface area is 167 Å². The van der Waals surface area contributed by atoms with Crippen LogP contribution in [0.2, 0.25) is 0 Å². The molecule has 1 saturated heterocycles. The average Bonchev–Trinajstić information content (AvgIpc) is 3.37. The molecule has 1 aliphatic rings. The second kappa shape index (κ2) is 7.54. The third-order valence-corrected chi connectivity index (χ3v) is 5.46. The molecule has 0 saturated carbocycles. The number of hydrogen-bond acceptors (Lipinski definition) is 5. The SMILES string of the molecule is Cc1nc(-c2ccco2)ccc1C(=O)N1CCC(n2ncc(C(=O)O)c2C)CC1. The van der Waals surface area contributed by atoms with Crippen LogP contribution in [0.1, 0.15) is 51.0 Å². The van der Waals surface area contributed by atoms with Crippen LogP contribution in [0.15, 0.2) is 41.1 Å². The van der Waals surface area contributed by atoms with Crippen LogP contribution < -0.4 is 0 Å². The van der Waals surface area contributed by atoms with Crippen molar-refractivity contribution in [1.29, 1.82) is 0 Å². The summed E-state index contributed by atoms with van der Waals surface area (Å²) in [6, 6.07) is 7.32. The van der Waals surface area contributed by atoms with E-state index in [1.165, 1.54) is 6.20 Å². The molecule has 4 heterocycles. The molecule has 3 aromatic rings. The van der Waals surface area contributed by atoms with Gasteiger partial charge in [-0.15, -0.1) is 0 Å². The number of pyridine rings is 1. The molecule has 1 fully saturated rings. The molecule has 4 rings (SSSR count). The Bertz CT molecular complexity index is 1050. The van der Waals surface area contributed by atoms with Gasteiger partial charge >= 0.3 is 5.97 Å². The van der Waals surface area contributed by atoms with E-state index in [-0.39, 0.29) is 17.5 Å². The van der Waals surface area contributed by atoms with Gasteiger partial charge < -0.3 is 14.4 Å². The second-order valence-corrected chi connectivity index (χ2v) is 7.22. The third kappa shape index (κ3) is 3.53. The Morgan fingerprint density at radius 2 is 1.90 bits per heavy atom. The van der Waals surface area contributed by atoms with Crippen molar-refractivity contribution in [3.63, 3.8) is 0 Å². The average molecular weight is 394 g/mol. The van der Waals surface area contributed by atoms with Crippen molar-refractivity contribution >= 4 is 11.9 Å². The molecule has 1 N–H and O–H groups in total. The molecular formula is C21H22N4O4. The fourth-order valence-electron chi connectivity index (χ4n) is 3.83. The minimum absolute atomic E-state index is 0.0390. The van der Waals surface area contributed by atoms with Gasteiger partial charge in [-0.05, 0) is 51.0 Å². The summed E-state index contributed by atoms with van der Waals surface area (Å²) in [5.41, 5.74) is 2.83. The van der Waals surface area contributed by atoms with Crippen molar-refractivity contribution in [2.24, 2.45) is 0 Å². The molecule has 0 aliphatic carbocycles. The fourth-order valence-corrected chi connectivity index (χ4v) is 3.83. The molecule has 0 bridgehead atoms. The highest BCUT2D eigenvalue weighted by atomic mass is 16.4. The van der Waals surface area contributed by atoms with Gasteiger partial charge in [0.15, 0.2) is 5.76 Å². The normalized spacial score (nSPS) is 14.9. The lowest BCUT2D eigenvalue weighted by atomic mass is 10.0. The summed E-state index contributed by atoms with van der Waals surface area (Å²) >= 11 is 0. The molecule has 1 amide bonds. The fraction of sp³-hybridized carbons (Fsp3) is 0.333. The zero-order valence-electron chi connectivity index (χ0n) is 16.3. The van der Waals surface area contributed by atoms with Gasteiger partial charge in [0.25, 0.3) is 5.91 Å². The van der Waals surface area contributed by atoms with Gasteiger partial charge in [0.1, 0.15) is 11.3 Å². The summed E-state index contributed by atoms with van der Waals surface area (Å²) in [6.07, 6.45) is 4.44. The van der Waals surface area contributed by atoms with E-state index in [4.69, 9.17) is 4.42 Å². The maximum absolute atomic E-state index is 13.0. The summed E-state index contributed by atoms with van der Waals surface area (Å²) in [4.78, 5) is 30.6. The van der Waals surface area contributed by atoms with E-state index < -0.39 is 5.97 Å². The second-order valence-electron chi connectivity index (χ2n) is 7.22. The molecular weight excluding hydrogens is 372 g/mol. The Morgan fingerprint density at radius 1 is 1.14 bits per heavy atom. The van der Waals surface area contributed by atoms with Gasteiger partial charge in [-0.3, -0.25) is 9.48 Å². The van der Waals surface area contributed by atoms with E-state index in [0.29, 0.717) is 41.5 Å². The molecule has 3 aromatic heterocycles. The number of aromatic nitrogens is 3. The smallest absolute Gasteiger partial charge is 0.339 e. The number of carboxylic acids is 1. The number of amides is 1. The number of aromatic carboxylic acids is 1. The van der Waals surface area contributed by atoms with Crippen molar-refractivity contribution < 1.29 is 19.1 Å². The Kier molecular flexibility index (Phi) is 4.92. The number of aryl methyl sites for hydroxylation is 1. The van der Waals surface area contributed by atoms with E-state index in [1.807, 2.05) is 17.9 Å². The molecule has 0 spiro atoms. The van der Waals surface area contributed by atoms with Crippen LogP contribution in [0.4, 0.5) is 0 Å². The predicted molar refractivity (Wildman–Crippen MR) is 105 cm³/mol. The van der Waals surface area contributed by atoms with Gasteiger partial charge in [0.2, 0.25) is 0 Å². The molecule has 29 heavy (non-hydrogen) atoms. The van der Waals surface area contributed by atoms with Crippen molar-refractivity contribution in [3.8, 4) is 11.5 Å². The van der Waals surface area contributed by atoms with E-state index in [2.05, 4.69) is 10.1 Å². The van der Waals surface area contributed by atoms with Crippen molar-refractivity contribution in [3.05, 3.63) is 59.2 Å². The lowest BCUT2D eigenvalue weighted by molar-refractivity contribution is 0.0687. The molecule has 8 nitrogen and oxygen atoms in total. The first kappa shape index (κ1) is 18.9. The molecule has 1 aliphatic heterocycles. The lowest BCUT2D eigenvalue weighted by Crippen LogP contribution is -2.39. The zero-order valence-corrected chi connectivity index (χ0v) is 16.3. The van der Waals surface area contributed by atoms with E-state index in [0.717, 1.165) is 12.8 Å². The summed E-state index contributed by atoms with van der Waals surface area (Å²) in [5, 5.41) is 13.5. The highest BCUT2D eigenvalue weighted by Crippen LogP contribution is 2.26. The summed E-state index contributed by atoms with van der Waals surface area (Å²) in [6.45, 7) is 4.77. The van der Waals surface area contributed by atoms with Gasteiger partial charge in [-0.25, -0.2) is 9.78 Å². The predicted octanol–water partition coefficient (Wildman–Crippen LogP) is 3.33. The Balaban J connectivity index is 1.45. The van der Waals surface area contributed by atoms with Crippen LogP contribution >= 0.6 is 0 Å². The van der Waals surface area contributed by atoms with E-state index >= 15 is 0 Å². The van der Waals surface area contributed by atoms with Crippen LogP contribution in [0, 0.1) is 13.8 Å². The summed E-state index contributed by atoms with van der Waals surface area (Å²) in [7, 11) is 0. The van der Waals surface area contributed by atoms with Gasteiger partial charge in [0, 0.05) is 13.1 Å². The number of furan rings is 1. The number of nitrogens with zero attached hydrogens (tertiary/aromatic N) is 4. The first-order valence-electron chi connectivity index (χ1n) is 9.54. The molecule has 150 valence electrons. The number of carbonyl (C=O) groups excluding carboxylic acids is 1. The summed E-state index contributed by atoms with van der Waals surface area (Å²) in [5.74, 6) is -0.339. The monoisotopic (exact) mass is 394 g/mol. The highest BCUT2D eigenvalue weighted by Gasteiger charge is 2.28. The van der Waals surface area contributed by atoms with Crippen molar-refractivity contribution in [2.75, 3.05) is 13.1 Å². The largest absolute Gasteiger partial charge is 0.478 e. The number of rotatable bonds is 4. The number of piperidine rings is 1. The molecule has 8 heteroatoms.